The van der Waals surface area contributed by atoms with Crippen LogP contribution in [0.5, 0.6) is 11.5 Å². The molecule has 2 amide bonds. The van der Waals surface area contributed by atoms with Crippen LogP contribution in [-0.2, 0) is 9.59 Å². The molecule has 3 aromatic carbocycles. The van der Waals surface area contributed by atoms with Crippen molar-refractivity contribution in [3.05, 3.63) is 95.7 Å². The number of nitrogens with one attached hydrogen (secondary N) is 2. The van der Waals surface area contributed by atoms with Crippen molar-refractivity contribution in [2.24, 2.45) is 0 Å². The molecule has 7 nitrogen and oxygen atoms in total. The molecule has 32 heavy (non-hydrogen) atoms. The Hall–Kier alpha value is -4.39. The van der Waals surface area contributed by atoms with Crippen molar-refractivity contribution in [1.82, 2.24) is 5.32 Å². The number of rotatable bonds is 7. The molecule has 0 atom stereocenters. The lowest BCUT2D eigenvalue weighted by Crippen LogP contribution is -2.30. The fourth-order valence-corrected chi connectivity index (χ4v) is 2.78. The quantitative estimate of drug-likeness (QED) is 0.335. The minimum Gasteiger partial charge on any atom is -0.497 e. The molecule has 0 saturated heterocycles. The molecule has 7 heteroatoms. The maximum Gasteiger partial charge on any atom is 0.308 e. The second kappa shape index (κ2) is 10.6. The van der Waals surface area contributed by atoms with Crippen molar-refractivity contribution in [1.29, 1.82) is 0 Å². The smallest absolute Gasteiger partial charge is 0.308 e. The molecule has 0 fully saturated rings. The molecule has 0 spiro atoms. The zero-order valence-electron chi connectivity index (χ0n) is 17.6. The Labute approximate surface area is 185 Å². The predicted octanol–water partition coefficient (Wildman–Crippen LogP) is 4.03. The van der Waals surface area contributed by atoms with Crippen molar-refractivity contribution in [2.45, 2.75) is 6.92 Å². The molecule has 0 radical (unpaired) electrons. The van der Waals surface area contributed by atoms with Gasteiger partial charge in [-0.25, -0.2) is 0 Å². The molecule has 0 heterocycles. The number of carbonyl (C=O) groups is 3. The van der Waals surface area contributed by atoms with Crippen LogP contribution in [0.1, 0.15) is 22.8 Å². The third kappa shape index (κ3) is 6.30. The standard InChI is InChI=1S/C25H22N2O5/c1-17(28)32-22-12-8-18(9-13-22)16-23(27-24(29)19-6-4-3-5-7-19)25(30)26-20-10-14-21(31-2)15-11-20/h3-16H,1-2H3,(H,26,30)(H,27,29)/b23-16+. The first-order valence-electron chi connectivity index (χ1n) is 9.76. The maximum absolute atomic E-state index is 13.0. The van der Waals surface area contributed by atoms with Crippen LogP contribution >= 0.6 is 0 Å². The summed E-state index contributed by atoms with van der Waals surface area (Å²) in [5, 5.41) is 5.43. The normalized spacial score (nSPS) is 10.8. The van der Waals surface area contributed by atoms with E-state index in [9.17, 15) is 14.4 Å². The summed E-state index contributed by atoms with van der Waals surface area (Å²) in [5.74, 6) is -0.305. The molecule has 0 aliphatic heterocycles. The molecule has 3 aromatic rings. The average Bonchev–Trinajstić information content (AvgIpc) is 2.80. The second-order valence-electron chi connectivity index (χ2n) is 6.72. The molecule has 2 N–H and O–H groups in total. The van der Waals surface area contributed by atoms with Crippen molar-refractivity contribution >= 4 is 29.5 Å². The van der Waals surface area contributed by atoms with Gasteiger partial charge in [-0.1, -0.05) is 30.3 Å². The highest BCUT2D eigenvalue weighted by Crippen LogP contribution is 2.18. The van der Waals surface area contributed by atoms with Gasteiger partial charge in [0, 0.05) is 18.2 Å². The first-order chi connectivity index (χ1) is 15.4. The van der Waals surface area contributed by atoms with Gasteiger partial charge in [0.25, 0.3) is 11.8 Å². The molecule has 3 rings (SSSR count). The number of anilines is 1. The molecule has 0 aromatic heterocycles. The zero-order chi connectivity index (χ0) is 22.9. The van der Waals surface area contributed by atoms with Gasteiger partial charge in [-0.05, 0) is 60.2 Å². The summed E-state index contributed by atoms with van der Waals surface area (Å²) in [6.07, 6.45) is 1.54. The molecular formula is C25H22N2O5. The first-order valence-corrected chi connectivity index (χ1v) is 9.76. The summed E-state index contributed by atoms with van der Waals surface area (Å²) in [6, 6.07) is 22.0. The lowest BCUT2D eigenvalue weighted by atomic mass is 10.1. The third-order valence-corrected chi connectivity index (χ3v) is 4.33. The van der Waals surface area contributed by atoms with Gasteiger partial charge in [0.2, 0.25) is 0 Å². The van der Waals surface area contributed by atoms with Gasteiger partial charge in [0.1, 0.15) is 17.2 Å². The lowest BCUT2D eigenvalue weighted by molar-refractivity contribution is -0.131. The van der Waals surface area contributed by atoms with Crippen LogP contribution in [0.3, 0.4) is 0 Å². The highest BCUT2D eigenvalue weighted by molar-refractivity contribution is 6.10. The summed E-state index contributed by atoms with van der Waals surface area (Å²) in [5.41, 5.74) is 1.64. The van der Waals surface area contributed by atoms with Crippen LogP contribution in [0, 0.1) is 0 Å². The van der Waals surface area contributed by atoms with E-state index in [1.807, 2.05) is 0 Å². The largest absolute Gasteiger partial charge is 0.497 e. The van der Waals surface area contributed by atoms with Gasteiger partial charge in [-0.3, -0.25) is 14.4 Å². The van der Waals surface area contributed by atoms with E-state index in [1.54, 1.807) is 86.0 Å². The number of benzene rings is 3. The Balaban J connectivity index is 1.85. The molecule has 0 aliphatic rings. The van der Waals surface area contributed by atoms with E-state index < -0.39 is 17.8 Å². The number of amides is 2. The Bertz CT molecular complexity index is 1120. The van der Waals surface area contributed by atoms with E-state index in [4.69, 9.17) is 9.47 Å². The van der Waals surface area contributed by atoms with E-state index in [-0.39, 0.29) is 5.70 Å². The van der Waals surface area contributed by atoms with Crippen molar-refractivity contribution in [2.75, 3.05) is 12.4 Å². The fourth-order valence-electron chi connectivity index (χ4n) is 2.78. The van der Waals surface area contributed by atoms with Crippen molar-refractivity contribution in [3.63, 3.8) is 0 Å². The van der Waals surface area contributed by atoms with Crippen LogP contribution in [-0.4, -0.2) is 24.9 Å². The number of carbonyl (C=O) groups excluding carboxylic acids is 3. The van der Waals surface area contributed by atoms with Gasteiger partial charge >= 0.3 is 5.97 Å². The topological polar surface area (TPSA) is 93.7 Å². The maximum atomic E-state index is 13.0. The first kappa shape index (κ1) is 22.3. The van der Waals surface area contributed by atoms with Crippen molar-refractivity contribution in [3.8, 4) is 11.5 Å². The Morgan fingerprint density at radius 2 is 1.44 bits per heavy atom. The second-order valence-corrected chi connectivity index (χ2v) is 6.72. The van der Waals surface area contributed by atoms with Gasteiger partial charge < -0.3 is 20.1 Å². The van der Waals surface area contributed by atoms with Crippen LogP contribution in [0.25, 0.3) is 6.08 Å². The monoisotopic (exact) mass is 430 g/mol. The molecule has 0 unspecified atom stereocenters. The minimum absolute atomic E-state index is 0.0508. The summed E-state index contributed by atoms with van der Waals surface area (Å²) >= 11 is 0. The Kier molecular flexibility index (Phi) is 7.37. The molecule has 0 bridgehead atoms. The van der Waals surface area contributed by atoms with E-state index in [2.05, 4.69) is 10.6 Å². The SMILES string of the molecule is COc1ccc(NC(=O)/C(=C\c2ccc(OC(C)=O)cc2)NC(=O)c2ccccc2)cc1. The molecular weight excluding hydrogens is 408 g/mol. The number of hydrogen-bond donors (Lipinski definition) is 2. The highest BCUT2D eigenvalue weighted by Gasteiger charge is 2.15. The summed E-state index contributed by atoms with van der Waals surface area (Å²) < 4.78 is 10.1. The number of hydrogen-bond acceptors (Lipinski definition) is 5. The predicted molar refractivity (Wildman–Crippen MR) is 121 cm³/mol. The van der Waals surface area contributed by atoms with Crippen LogP contribution < -0.4 is 20.1 Å². The van der Waals surface area contributed by atoms with Gasteiger partial charge in [0.05, 0.1) is 7.11 Å². The summed E-state index contributed by atoms with van der Waals surface area (Å²) in [4.78, 5) is 36.7. The van der Waals surface area contributed by atoms with Crippen molar-refractivity contribution < 1.29 is 23.9 Å². The van der Waals surface area contributed by atoms with Gasteiger partial charge in [0.15, 0.2) is 0 Å². The van der Waals surface area contributed by atoms with E-state index in [1.165, 1.54) is 13.0 Å². The number of esters is 1. The van der Waals surface area contributed by atoms with Gasteiger partial charge in [-0.2, -0.15) is 0 Å². The fraction of sp³-hybridized carbons (Fsp3) is 0.0800. The van der Waals surface area contributed by atoms with Crippen LogP contribution in [0.4, 0.5) is 5.69 Å². The third-order valence-electron chi connectivity index (χ3n) is 4.33. The summed E-state index contributed by atoms with van der Waals surface area (Å²) in [6.45, 7) is 1.31. The van der Waals surface area contributed by atoms with Crippen LogP contribution in [0.15, 0.2) is 84.6 Å². The minimum atomic E-state index is -0.497. The summed E-state index contributed by atoms with van der Waals surface area (Å²) in [7, 11) is 1.56. The molecule has 0 saturated carbocycles. The van der Waals surface area contributed by atoms with E-state index in [0.29, 0.717) is 28.3 Å². The van der Waals surface area contributed by atoms with E-state index in [0.717, 1.165) is 0 Å². The average molecular weight is 430 g/mol. The number of methoxy groups -OCH3 is 1. The Morgan fingerprint density at radius 3 is 2.03 bits per heavy atom. The zero-order valence-corrected chi connectivity index (χ0v) is 17.6. The van der Waals surface area contributed by atoms with E-state index >= 15 is 0 Å². The number of ether oxygens (including phenoxy) is 2. The Morgan fingerprint density at radius 1 is 0.812 bits per heavy atom. The molecule has 162 valence electrons. The lowest BCUT2D eigenvalue weighted by Gasteiger charge is -2.12. The molecule has 0 aliphatic carbocycles. The van der Waals surface area contributed by atoms with Gasteiger partial charge in [-0.15, -0.1) is 0 Å². The highest BCUT2D eigenvalue weighted by atomic mass is 16.5. The van der Waals surface area contributed by atoms with Crippen LogP contribution in [0.2, 0.25) is 0 Å².